The highest BCUT2D eigenvalue weighted by Crippen LogP contribution is 2.39. The van der Waals surface area contributed by atoms with Crippen LogP contribution in [0, 0.1) is 0 Å². The van der Waals surface area contributed by atoms with Crippen molar-refractivity contribution in [1.29, 1.82) is 0 Å². The lowest BCUT2D eigenvalue weighted by Crippen LogP contribution is -2.11. The summed E-state index contributed by atoms with van der Waals surface area (Å²) in [5, 5.41) is 12.1. The van der Waals surface area contributed by atoms with Crippen molar-refractivity contribution in [3.05, 3.63) is 18.0 Å². The molecule has 2 heterocycles. The van der Waals surface area contributed by atoms with Crippen LogP contribution in [0.5, 0.6) is 0 Å². The molecule has 0 aliphatic heterocycles. The first-order valence-corrected chi connectivity index (χ1v) is 6.45. The molecule has 1 saturated carbocycles. The third kappa shape index (κ3) is 2.14. The van der Waals surface area contributed by atoms with Gasteiger partial charge in [0, 0.05) is 24.5 Å². The average Bonchev–Trinajstić information content (AvgIpc) is 2.90. The number of rotatable bonds is 4. The molecule has 90 valence electrons. The van der Waals surface area contributed by atoms with Gasteiger partial charge in [0.25, 0.3) is 0 Å². The van der Waals surface area contributed by atoms with Crippen molar-refractivity contribution in [2.75, 3.05) is 5.32 Å². The van der Waals surface area contributed by atoms with Gasteiger partial charge < -0.3 is 9.88 Å². The fraction of sp³-hybridized carbons (Fsp3) is 0.600. The zero-order valence-corrected chi connectivity index (χ0v) is 10.6. The van der Waals surface area contributed by atoms with Crippen molar-refractivity contribution < 1.29 is 0 Å². The Hall–Kier alpha value is -1.50. The first kappa shape index (κ1) is 10.6. The van der Waals surface area contributed by atoms with Gasteiger partial charge in [0.15, 0.2) is 5.82 Å². The highest BCUT2D eigenvalue weighted by atomic mass is 32.1. The topological polar surface area (TPSA) is 68.5 Å². The summed E-state index contributed by atoms with van der Waals surface area (Å²) in [7, 11) is 1.93. The molecule has 17 heavy (non-hydrogen) atoms. The van der Waals surface area contributed by atoms with Crippen LogP contribution in [0.15, 0.2) is 6.33 Å². The molecule has 7 heteroatoms. The van der Waals surface area contributed by atoms with Crippen molar-refractivity contribution in [2.24, 2.45) is 7.05 Å². The predicted molar refractivity (Wildman–Crippen MR) is 64.9 cm³/mol. The van der Waals surface area contributed by atoms with Gasteiger partial charge >= 0.3 is 0 Å². The van der Waals surface area contributed by atoms with Gasteiger partial charge in [-0.25, -0.2) is 4.98 Å². The molecular weight excluding hydrogens is 236 g/mol. The molecule has 1 fully saturated rings. The SMILES string of the molecule is CC(Nc1nc(C2CC2)ns1)c1nncn1C. The molecule has 2 aromatic heterocycles. The average molecular weight is 250 g/mol. The minimum absolute atomic E-state index is 0.0857. The fourth-order valence-corrected chi connectivity index (χ4v) is 2.47. The summed E-state index contributed by atoms with van der Waals surface area (Å²) in [5.74, 6) is 2.49. The molecule has 0 amide bonds. The Kier molecular flexibility index (Phi) is 2.54. The van der Waals surface area contributed by atoms with Crippen LogP contribution in [0.2, 0.25) is 0 Å². The van der Waals surface area contributed by atoms with Crippen molar-refractivity contribution in [2.45, 2.75) is 31.7 Å². The summed E-state index contributed by atoms with van der Waals surface area (Å²) in [4.78, 5) is 4.49. The van der Waals surface area contributed by atoms with E-state index in [1.54, 1.807) is 6.33 Å². The van der Waals surface area contributed by atoms with E-state index >= 15 is 0 Å². The van der Waals surface area contributed by atoms with Gasteiger partial charge in [-0.1, -0.05) is 0 Å². The Morgan fingerprint density at radius 1 is 1.53 bits per heavy atom. The summed E-state index contributed by atoms with van der Waals surface area (Å²) < 4.78 is 6.26. The second-order valence-electron chi connectivity index (χ2n) is 4.40. The summed E-state index contributed by atoms with van der Waals surface area (Å²) >= 11 is 1.42. The Bertz CT molecular complexity index is 514. The van der Waals surface area contributed by atoms with E-state index < -0.39 is 0 Å². The third-order valence-corrected chi connectivity index (χ3v) is 3.52. The van der Waals surface area contributed by atoms with E-state index in [-0.39, 0.29) is 6.04 Å². The van der Waals surface area contributed by atoms with Crippen molar-refractivity contribution >= 4 is 16.7 Å². The Balaban J connectivity index is 1.71. The van der Waals surface area contributed by atoms with Crippen LogP contribution in [0.1, 0.15) is 43.4 Å². The van der Waals surface area contributed by atoms with Gasteiger partial charge in [0.2, 0.25) is 5.13 Å². The minimum Gasteiger partial charge on any atom is -0.351 e. The number of aromatic nitrogens is 5. The number of aryl methyl sites for hydroxylation is 1. The van der Waals surface area contributed by atoms with Crippen molar-refractivity contribution in [3.63, 3.8) is 0 Å². The molecule has 1 aliphatic rings. The molecule has 0 radical (unpaired) electrons. The molecule has 1 unspecified atom stereocenters. The number of hydrogen-bond donors (Lipinski definition) is 1. The summed E-state index contributed by atoms with van der Waals surface area (Å²) in [5.41, 5.74) is 0. The highest BCUT2D eigenvalue weighted by molar-refractivity contribution is 7.09. The minimum atomic E-state index is 0.0857. The fourth-order valence-electron chi connectivity index (χ4n) is 1.73. The van der Waals surface area contributed by atoms with Crippen molar-refractivity contribution in [1.82, 2.24) is 24.1 Å². The number of anilines is 1. The molecule has 6 nitrogen and oxygen atoms in total. The monoisotopic (exact) mass is 250 g/mol. The van der Waals surface area contributed by atoms with E-state index in [0.29, 0.717) is 5.92 Å². The molecule has 0 bridgehead atoms. The Labute approximate surface area is 103 Å². The Morgan fingerprint density at radius 2 is 2.35 bits per heavy atom. The van der Waals surface area contributed by atoms with Crippen LogP contribution in [0.4, 0.5) is 5.13 Å². The molecule has 0 spiro atoms. The maximum Gasteiger partial charge on any atom is 0.203 e. The van der Waals surface area contributed by atoms with Crippen LogP contribution >= 0.6 is 11.5 Å². The van der Waals surface area contributed by atoms with Gasteiger partial charge in [-0.05, 0) is 19.8 Å². The standard InChI is InChI=1S/C10H14N6S/c1-6(9-14-11-5-16(9)2)12-10-13-8(15-17-10)7-3-4-7/h5-7H,3-4H2,1-2H3,(H,12,13,15). The summed E-state index contributed by atoms with van der Waals surface area (Å²) in [6.45, 7) is 2.04. The van der Waals surface area contributed by atoms with E-state index in [9.17, 15) is 0 Å². The molecule has 0 saturated heterocycles. The second kappa shape index (κ2) is 4.06. The lowest BCUT2D eigenvalue weighted by Gasteiger charge is -2.10. The summed E-state index contributed by atoms with van der Waals surface area (Å²) in [6, 6.07) is 0.0857. The van der Waals surface area contributed by atoms with Gasteiger partial charge in [-0.2, -0.15) is 4.37 Å². The smallest absolute Gasteiger partial charge is 0.203 e. The van der Waals surface area contributed by atoms with Crippen LogP contribution in [-0.2, 0) is 7.05 Å². The zero-order chi connectivity index (χ0) is 11.8. The van der Waals surface area contributed by atoms with Gasteiger partial charge in [0.05, 0.1) is 6.04 Å². The normalized spacial score (nSPS) is 17.1. The van der Waals surface area contributed by atoms with Crippen LogP contribution in [0.25, 0.3) is 0 Å². The van der Waals surface area contributed by atoms with E-state index in [1.807, 2.05) is 18.5 Å². The van der Waals surface area contributed by atoms with E-state index in [2.05, 4.69) is 24.9 Å². The lowest BCUT2D eigenvalue weighted by molar-refractivity contribution is 0.718. The lowest BCUT2D eigenvalue weighted by atomic mass is 10.3. The van der Waals surface area contributed by atoms with Gasteiger partial charge in [-0.15, -0.1) is 10.2 Å². The van der Waals surface area contributed by atoms with E-state index in [1.165, 1.54) is 24.4 Å². The first-order valence-electron chi connectivity index (χ1n) is 5.68. The highest BCUT2D eigenvalue weighted by Gasteiger charge is 2.28. The van der Waals surface area contributed by atoms with E-state index in [0.717, 1.165) is 16.8 Å². The molecule has 3 rings (SSSR count). The zero-order valence-electron chi connectivity index (χ0n) is 9.79. The molecular formula is C10H14N6S. The number of nitrogens with zero attached hydrogens (tertiary/aromatic N) is 5. The van der Waals surface area contributed by atoms with Gasteiger partial charge in [-0.3, -0.25) is 0 Å². The molecule has 2 aromatic rings. The van der Waals surface area contributed by atoms with Crippen LogP contribution in [0.3, 0.4) is 0 Å². The van der Waals surface area contributed by atoms with Crippen molar-refractivity contribution in [3.8, 4) is 0 Å². The number of hydrogen-bond acceptors (Lipinski definition) is 6. The predicted octanol–water partition coefficient (Wildman–Crippen LogP) is 1.72. The quantitative estimate of drug-likeness (QED) is 0.894. The first-order chi connectivity index (χ1) is 8.24. The molecule has 0 aromatic carbocycles. The largest absolute Gasteiger partial charge is 0.351 e. The van der Waals surface area contributed by atoms with Crippen LogP contribution in [-0.4, -0.2) is 24.1 Å². The van der Waals surface area contributed by atoms with Crippen LogP contribution < -0.4 is 5.32 Å². The maximum atomic E-state index is 4.49. The molecule has 1 aliphatic carbocycles. The summed E-state index contributed by atoms with van der Waals surface area (Å²) in [6.07, 6.45) is 4.16. The van der Waals surface area contributed by atoms with Gasteiger partial charge in [0.1, 0.15) is 12.2 Å². The maximum absolute atomic E-state index is 4.49. The molecule has 1 atom stereocenters. The Morgan fingerprint density at radius 3 is 3.00 bits per heavy atom. The molecule has 1 N–H and O–H groups in total. The third-order valence-electron chi connectivity index (χ3n) is 2.86. The second-order valence-corrected chi connectivity index (χ2v) is 5.15. The van der Waals surface area contributed by atoms with E-state index in [4.69, 9.17) is 0 Å². The number of nitrogens with one attached hydrogen (secondary N) is 1.